The van der Waals surface area contributed by atoms with E-state index in [1.807, 2.05) is 128 Å². The van der Waals surface area contributed by atoms with E-state index in [4.69, 9.17) is 22.3 Å². The first kappa shape index (κ1) is 34.3. The summed E-state index contributed by atoms with van der Waals surface area (Å²) in [5, 5.41) is 12.7. The van der Waals surface area contributed by atoms with E-state index in [0.29, 0.717) is 83.9 Å². The lowest BCUT2D eigenvalue weighted by molar-refractivity contribution is 0.446. The van der Waals surface area contributed by atoms with Gasteiger partial charge in [0.15, 0.2) is 0 Å². The maximum Gasteiger partial charge on any atom is 0.149 e. The van der Waals surface area contributed by atoms with E-state index in [1.54, 1.807) is 52.1 Å². The number of fused-ring (bicyclic) bond motifs is 1. The molecule has 9 aromatic rings. The molecular formula is C67H71N3O. The first-order valence-corrected chi connectivity index (χ1v) is 24.1. The zero-order valence-electron chi connectivity index (χ0n) is 56.3. The van der Waals surface area contributed by atoms with Gasteiger partial charge in [0.1, 0.15) is 11.6 Å². The molecule has 9 rings (SSSR count). The molecule has 0 aliphatic rings. The van der Waals surface area contributed by atoms with Crippen molar-refractivity contribution in [1.82, 2.24) is 14.5 Å². The number of pyridine rings is 1. The number of imidazole rings is 1. The molecule has 0 saturated carbocycles. The first-order valence-electron chi connectivity index (χ1n) is 31.1. The summed E-state index contributed by atoms with van der Waals surface area (Å²) in [5.41, 5.74) is 6.84. The number of hydrogen-bond acceptors (Lipinski definition) is 3. The predicted octanol–water partition coefficient (Wildman–Crippen LogP) is 18.6. The van der Waals surface area contributed by atoms with Crippen molar-refractivity contribution in [1.29, 1.82) is 0 Å². The summed E-state index contributed by atoms with van der Waals surface area (Å²) in [6.45, 7) is 6.52. The minimum absolute atomic E-state index is 0.000281. The Hall–Kier alpha value is -7.04. The van der Waals surface area contributed by atoms with Gasteiger partial charge < -0.3 is 5.11 Å². The lowest BCUT2D eigenvalue weighted by Gasteiger charge is -2.27. The van der Waals surface area contributed by atoms with E-state index in [0.717, 1.165) is 22.3 Å². The van der Waals surface area contributed by atoms with Crippen molar-refractivity contribution in [3.05, 3.63) is 191 Å². The summed E-state index contributed by atoms with van der Waals surface area (Å²) in [5.74, 6) is -1.93. The summed E-state index contributed by atoms with van der Waals surface area (Å²) in [7, 11) is 0. The van der Waals surface area contributed by atoms with Gasteiger partial charge in [-0.3, -0.25) is 9.55 Å². The quantitative estimate of drug-likeness (QED) is 0.157. The molecule has 0 aliphatic carbocycles. The molecule has 2 aromatic heterocycles. The van der Waals surface area contributed by atoms with Crippen molar-refractivity contribution in [3.63, 3.8) is 0 Å². The molecule has 4 heteroatoms. The number of hydrogen-bond donors (Lipinski definition) is 1. The molecule has 0 aliphatic heterocycles. The van der Waals surface area contributed by atoms with Gasteiger partial charge in [0, 0.05) is 42.1 Å². The van der Waals surface area contributed by atoms with Crippen molar-refractivity contribution in [2.24, 2.45) is 0 Å². The average molecular weight is 948 g/mol. The van der Waals surface area contributed by atoms with Crippen molar-refractivity contribution < 1.29 is 24.3 Å². The number of aryl methyl sites for hydroxylation is 1. The van der Waals surface area contributed by atoms with E-state index in [9.17, 15) is 12.0 Å². The highest BCUT2D eigenvalue weighted by Crippen LogP contribution is 2.46. The van der Waals surface area contributed by atoms with E-state index in [1.165, 1.54) is 24.3 Å². The number of benzene rings is 7. The van der Waals surface area contributed by atoms with Gasteiger partial charge in [-0.1, -0.05) is 187 Å². The smallest absolute Gasteiger partial charge is 0.149 e. The molecule has 0 bridgehead atoms. The Labute approximate surface area is 443 Å². The van der Waals surface area contributed by atoms with Crippen LogP contribution in [0.4, 0.5) is 0 Å². The van der Waals surface area contributed by atoms with Crippen LogP contribution < -0.4 is 0 Å². The SMILES string of the molecule is [2H]C([2H])([2H])c1cc(-c2c(C([2H])(C)C)cccc2C([2H])(C)C)ccc1-n1c(-c2cc(C(C)(C)C)cc(C(C)(C)C)c2O)nc2c(-c3cc(-c4ccccc4)cc(-c4cc(-c5ccc(C(C([2H])([2H])[2H])(C([2H])([2H])[2H])C([2H])([2H])[2H])cc5)ccn4)c3)cccc21. The second-order valence-corrected chi connectivity index (χ2v) is 21.2. The number of rotatable bonds is 9. The molecule has 0 amide bonds. The number of aromatic nitrogens is 3. The molecule has 1 N–H and O–H groups in total. The van der Waals surface area contributed by atoms with Crippen LogP contribution in [0, 0.1) is 6.85 Å². The van der Waals surface area contributed by atoms with Crippen LogP contribution in [-0.4, -0.2) is 19.6 Å². The van der Waals surface area contributed by atoms with Crippen LogP contribution in [0.3, 0.4) is 0 Å². The fourth-order valence-electron chi connectivity index (χ4n) is 9.56. The van der Waals surface area contributed by atoms with Crippen molar-refractivity contribution in [2.75, 3.05) is 0 Å². The largest absolute Gasteiger partial charge is 0.507 e. The molecular weight excluding hydrogens is 863 g/mol. The summed E-state index contributed by atoms with van der Waals surface area (Å²) >= 11 is 0. The monoisotopic (exact) mass is 948 g/mol. The molecule has 0 unspecified atom stereocenters. The first-order chi connectivity index (χ1) is 39.1. The Balaban J connectivity index is 1.32. The summed E-state index contributed by atoms with van der Waals surface area (Å²) in [6.07, 6.45) is 1.62. The standard InChI is InChI=1S/C67H71N3O/c1-41(2)53-22-18-23-54(42(3)4)61(53)47-28-31-59(43(5)34-47)70-60-25-19-24-55(62(60)69-64(70)56-39-52(66(9,10)11)40-57(63(56)71)67(12,13)14)49-35-48(44-20-16-15-17-21-44)36-50(37-49)58-38-46(32-33-68-58)45-26-29-51(30-27-45)65(6,7)8/h15-42,71H,1-14H3/i5D3,6D3,7D3,8D3,41D,42D. The van der Waals surface area contributed by atoms with Crippen LogP contribution in [0.1, 0.15) is 154 Å². The minimum atomic E-state index is -3.42. The number of aromatic hydroxyl groups is 1. The zero-order valence-corrected chi connectivity index (χ0v) is 42.3. The third-order valence-electron chi connectivity index (χ3n) is 13.4. The highest BCUT2D eigenvalue weighted by Gasteiger charge is 2.29. The van der Waals surface area contributed by atoms with Gasteiger partial charge in [-0.05, 0) is 156 Å². The van der Waals surface area contributed by atoms with Crippen molar-refractivity contribution in [3.8, 4) is 78.6 Å². The Morgan fingerprint density at radius 1 is 0.535 bits per heavy atom. The average Bonchev–Trinajstić information content (AvgIpc) is 1.38. The van der Waals surface area contributed by atoms with Crippen LogP contribution in [0.5, 0.6) is 5.75 Å². The van der Waals surface area contributed by atoms with Crippen molar-refractivity contribution >= 4 is 11.0 Å². The van der Waals surface area contributed by atoms with Crippen LogP contribution >= 0.6 is 0 Å². The Morgan fingerprint density at radius 2 is 1.18 bits per heavy atom. The minimum Gasteiger partial charge on any atom is -0.507 e. The fraction of sp³-hybridized carbons (Fsp3) is 0.284. The molecule has 0 fully saturated rings. The van der Waals surface area contributed by atoms with E-state index < -0.39 is 55.4 Å². The fourth-order valence-corrected chi connectivity index (χ4v) is 9.56. The third-order valence-corrected chi connectivity index (χ3v) is 13.4. The molecule has 0 atom stereocenters. The summed E-state index contributed by atoms with van der Waals surface area (Å²) in [6, 6.07) is 45.5. The summed E-state index contributed by atoms with van der Waals surface area (Å²) < 4.78 is 122. The van der Waals surface area contributed by atoms with Gasteiger partial charge >= 0.3 is 0 Å². The molecule has 4 nitrogen and oxygen atoms in total. The number of para-hydroxylation sites is 1. The highest BCUT2D eigenvalue weighted by molar-refractivity contribution is 5.98. The Kier molecular flexibility index (Phi) is 8.99. The van der Waals surface area contributed by atoms with Crippen molar-refractivity contribution in [2.45, 2.75) is 125 Å². The van der Waals surface area contributed by atoms with Crippen LogP contribution in [0.25, 0.3) is 83.9 Å². The zero-order chi connectivity index (χ0) is 62.6. The number of phenols is 1. The molecule has 0 radical (unpaired) electrons. The molecule has 71 heavy (non-hydrogen) atoms. The number of phenolic OH excluding ortho intramolecular Hbond substituents is 1. The van der Waals surface area contributed by atoms with Gasteiger partial charge in [0.05, 0.1) is 28.0 Å². The van der Waals surface area contributed by atoms with Gasteiger partial charge in [0.25, 0.3) is 0 Å². The lowest BCUT2D eigenvalue weighted by atomic mass is 9.79. The molecule has 0 saturated heterocycles. The normalized spacial score (nSPS) is 16.3. The maximum atomic E-state index is 12.7. The summed E-state index contributed by atoms with van der Waals surface area (Å²) in [4.78, 5) is 10.4. The van der Waals surface area contributed by atoms with Crippen LogP contribution in [-0.2, 0) is 16.2 Å². The molecule has 7 aromatic carbocycles. The molecule has 0 spiro atoms. The van der Waals surface area contributed by atoms with Crippen LogP contribution in [0.15, 0.2) is 158 Å². The van der Waals surface area contributed by atoms with E-state index >= 15 is 0 Å². The topological polar surface area (TPSA) is 50.9 Å². The second kappa shape index (κ2) is 18.6. The molecule has 2 heterocycles. The van der Waals surface area contributed by atoms with Gasteiger partial charge in [0.2, 0.25) is 0 Å². The Morgan fingerprint density at radius 3 is 1.83 bits per heavy atom. The maximum absolute atomic E-state index is 12.7. The van der Waals surface area contributed by atoms with E-state index in [2.05, 4.69) is 26.8 Å². The van der Waals surface area contributed by atoms with Crippen LogP contribution in [0.2, 0.25) is 0 Å². The molecule has 360 valence electrons. The van der Waals surface area contributed by atoms with E-state index in [-0.39, 0.29) is 16.9 Å². The van der Waals surface area contributed by atoms with Gasteiger partial charge in [-0.2, -0.15) is 0 Å². The number of nitrogens with zero attached hydrogens (tertiary/aromatic N) is 3. The Bertz CT molecular complexity index is 3920. The third kappa shape index (κ3) is 9.62. The van der Waals surface area contributed by atoms with Gasteiger partial charge in [-0.25, -0.2) is 4.98 Å². The lowest BCUT2D eigenvalue weighted by Crippen LogP contribution is -2.17. The van der Waals surface area contributed by atoms with Gasteiger partial charge in [-0.15, -0.1) is 0 Å². The second-order valence-electron chi connectivity index (χ2n) is 21.2. The predicted molar refractivity (Wildman–Crippen MR) is 302 cm³/mol. The highest BCUT2D eigenvalue weighted by atomic mass is 16.3.